The highest BCUT2D eigenvalue weighted by Crippen LogP contribution is 2.27. The summed E-state index contributed by atoms with van der Waals surface area (Å²) in [6, 6.07) is 2.14. The summed E-state index contributed by atoms with van der Waals surface area (Å²) in [7, 11) is 0. The summed E-state index contributed by atoms with van der Waals surface area (Å²) >= 11 is 5.18. The Bertz CT molecular complexity index is 377. The van der Waals surface area contributed by atoms with Crippen LogP contribution in [0.15, 0.2) is 21.3 Å². The summed E-state index contributed by atoms with van der Waals surface area (Å²) in [5, 5.41) is 12.3. The second-order valence-electron chi connectivity index (χ2n) is 4.50. The van der Waals surface area contributed by atoms with Crippen LogP contribution in [0.4, 0.5) is 0 Å². The first kappa shape index (κ1) is 14.9. The average Bonchev–Trinajstić information content (AvgIpc) is 2.75. The lowest BCUT2D eigenvalue weighted by Crippen LogP contribution is -2.25. The zero-order chi connectivity index (χ0) is 12.9. The molecular formula is C14H21BrOS. The minimum atomic E-state index is -0.480. The number of hydrogen-bond acceptors (Lipinski definition) is 2. The standard InChI is InChI=1S/C14H21BrOS/c1-4-14(16,5-2)8-6-7-11(3)12-9-13(15)17-10-12/h7,9-10,16H,4-6,8H2,1-3H3. The van der Waals surface area contributed by atoms with Crippen LogP contribution in [0.3, 0.4) is 0 Å². The van der Waals surface area contributed by atoms with Gasteiger partial charge in [-0.15, -0.1) is 11.3 Å². The van der Waals surface area contributed by atoms with Gasteiger partial charge in [-0.05, 0) is 71.1 Å². The Kier molecular flexibility index (Phi) is 5.90. The van der Waals surface area contributed by atoms with E-state index in [1.165, 1.54) is 14.9 Å². The van der Waals surface area contributed by atoms with E-state index in [1.54, 1.807) is 11.3 Å². The lowest BCUT2D eigenvalue weighted by molar-refractivity contribution is 0.0246. The summed E-state index contributed by atoms with van der Waals surface area (Å²) < 4.78 is 1.17. The van der Waals surface area contributed by atoms with Crippen molar-refractivity contribution >= 4 is 32.8 Å². The van der Waals surface area contributed by atoms with Crippen LogP contribution in [0.5, 0.6) is 0 Å². The largest absolute Gasteiger partial charge is 0.390 e. The molecule has 0 amide bonds. The van der Waals surface area contributed by atoms with E-state index < -0.39 is 5.60 Å². The molecule has 0 fully saturated rings. The summed E-state index contributed by atoms with van der Waals surface area (Å²) in [4.78, 5) is 0. The molecule has 1 rings (SSSR count). The van der Waals surface area contributed by atoms with Crippen molar-refractivity contribution < 1.29 is 5.11 Å². The fourth-order valence-electron chi connectivity index (χ4n) is 1.80. The van der Waals surface area contributed by atoms with Crippen molar-refractivity contribution in [2.75, 3.05) is 0 Å². The highest BCUT2D eigenvalue weighted by Gasteiger charge is 2.20. The Labute approximate surface area is 117 Å². The fraction of sp³-hybridized carbons (Fsp3) is 0.571. The van der Waals surface area contributed by atoms with Gasteiger partial charge >= 0.3 is 0 Å². The molecule has 0 unspecified atom stereocenters. The van der Waals surface area contributed by atoms with Crippen LogP contribution in [0.25, 0.3) is 5.57 Å². The predicted octanol–water partition coefficient (Wildman–Crippen LogP) is 5.25. The quantitative estimate of drug-likeness (QED) is 0.760. The molecule has 0 atom stereocenters. The molecule has 0 aromatic carbocycles. The summed E-state index contributed by atoms with van der Waals surface area (Å²) in [6.45, 7) is 6.23. The first-order chi connectivity index (χ1) is 8.00. The summed E-state index contributed by atoms with van der Waals surface area (Å²) in [5.41, 5.74) is 2.09. The zero-order valence-corrected chi connectivity index (χ0v) is 13.2. The molecular weight excluding hydrogens is 296 g/mol. The number of allylic oxidation sites excluding steroid dienone is 2. The summed E-state index contributed by atoms with van der Waals surface area (Å²) in [6.07, 6.45) is 5.69. The first-order valence-corrected chi connectivity index (χ1v) is 7.81. The second kappa shape index (κ2) is 6.72. The molecule has 17 heavy (non-hydrogen) atoms. The van der Waals surface area contributed by atoms with Gasteiger partial charge in [0, 0.05) is 0 Å². The third-order valence-electron chi connectivity index (χ3n) is 3.40. The van der Waals surface area contributed by atoms with Gasteiger partial charge in [-0.25, -0.2) is 0 Å². The van der Waals surface area contributed by atoms with Crippen LogP contribution in [-0.4, -0.2) is 10.7 Å². The molecule has 0 bridgehead atoms. The number of aliphatic hydroxyl groups is 1. The minimum Gasteiger partial charge on any atom is -0.390 e. The van der Waals surface area contributed by atoms with Crippen molar-refractivity contribution in [3.63, 3.8) is 0 Å². The Hall–Kier alpha value is -0.120. The van der Waals surface area contributed by atoms with Gasteiger partial charge in [-0.3, -0.25) is 0 Å². The van der Waals surface area contributed by atoms with E-state index in [-0.39, 0.29) is 0 Å². The number of thiophene rings is 1. The highest BCUT2D eigenvalue weighted by atomic mass is 79.9. The van der Waals surface area contributed by atoms with Crippen molar-refractivity contribution in [2.24, 2.45) is 0 Å². The molecule has 0 aliphatic rings. The van der Waals surface area contributed by atoms with Crippen LogP contribution in [0.1, 0.15) is 52.0 Å². The predicted molar refractivity (Wildman–Crippen MR) is 80.4 cm³/mol. The van der Waals surface area contributed by atoms with Crippen molar-refractivity contribution in [2.45, 2.75) is 52.1 Å². The molecule has 1 heterocycles. The lowest BCUT2D eigenvalue weighted by atomic mass is 9.91. The number of halogens is 1. The molecule has 0 aliphatic heterocycles. The molecule has 0 spiro atoms. The average molecular weight is 317 g/mol. The Balaban J connectivity index is 2.54. The van der Waals surface area contributed by atoms with Crippen molar-refractivity contribution in [3.8, 4) is 0 Å². The van der Waals surface area contributed by atoms with Gasteiger partial charge in [0.1, 0.15) is 0 Å². The molecule has 1 aromatic heterocycles. The Morgan fingerprint density at radius 2 is 2.12 bits per heavy atom. The molecule has 1 N–H and O–H groups in total. The maximum Gasteiger partial charge on any atom is 0.0704 e. The summed E-state index contributed by atoms with van der Waals surface area (Å²) in [5.74, 6) is 0. The molecule has 96 valence electrons. The van der Waals surface area contributed by atoms with Crippen LogP contribution in [0, 0.1) is 0 Å². The van der Waals surface area contributed by atoms with E-state index in [0.29, 0.717) is 0 Å². The smallest absolute Gasteiger partial charge is 0.0704 e. The third-order valence-corrected chi connectivity index (χ3v) is 4.90. The van der Waals surface area contributed by atoms with Crippen molar-refractivity contribution in [1.29, 1.82) is 0 Å². The van der Waals surface area contributed by atoms with Gasteiger partial charge in [0.05, 0.1) is 9.39 Å². The van der Waals surface area contributed by atoms with E-state index in [2.05, 4.69) is 54.2 Å². The second-order valence-corrected chi connectivity index (χ2v) is 6.79. The lowest BCUT2D eigenvalue weighted by Gasteiger charge is -2.24. The van der Waals surface area contributed by atoms with Gasteiger partial charge in [0.25, 0.3) is 0 Å². The van der Waals surface area contributed by atoms with Crippen molar-refractivity contribution in [3.05, 3.63) is 26.9 Å². The van der Waals surface area contributed by atoms with Crippen LogP contribution >= 0.6 is 27.3 Å². The minimum absolute atomic E-state index is 0.480. The number of rotatable bonds is 6. The molecule has 3 heteroatoms. The third kappa shape index (κ3) is 4.57. The zero-order valence-electron chi connectivity index (χ0n) is 10.8. The monoisotopic (exact) mass is 316 g/mol. The molecule has 1 nitrogen and oxygen atoms in total. The SMILES string of the molecule is CCC(O)(CC)CCC=C(C)c1csc(Br)c1. The topological polar surface area (TPSA) is 20.2 Å². The Morgan fingerprint density at radius 3 is 2.59 bits per heavy atom. The van der Waals surface area contributed by atoms with E-state index in [0.717, 1.165) is 25.7 Å². The van der Waals surface area contributed by atoms with Crippen LogP contribution in [-0.2, 0) is 0 Å². The van der Waals surface area contributed by atoms with Crippen LogP contribution in [0.2, 0.25) is 0 Å². The van der Waals surface area contributed by atoms with Gasteiger partial charge in [-0.2, -0.15) is 0 Å². The normalized spacial score (nSPS) is 13.1. The van der Waals surface area contributed by atoms with Gasteiger partial charge in [-0.1, -0.05) is 19.9 Å². The first-order valence-electron chi connectivity index (χ1n) is 6.14. The highest BCUT2D eigenvalue weighted by molar-refractivity contribution is 9.11. The van der Waals surface area contributed by atoms with Crippen molar-refractivity contribution in [1.82, 2.24) is 0 Å². The van der Waals surface area contributed by atoms with Gasteiger partial charge in [0.15, 0.2) is 0 Å². The Morgan fingerprint density at radius 1 is 1.47 bits per heavy atom. The molecule has 0 saturated carbocycles. The molecule has 0 radical (unpaired) electrons. The van der Waals surface area contributed by atoms with E-state index in [1.807, 2.05) is 0 Å². The molecule has 1 aromatic rings. The molecule has 0 saturated heterocycles. The van der Waals surface area contributed by atoms with E-state index >= 15 is 0 Å². The number of hydrogen-bond donors (Lipinski definition) is 1. The maximum absolute atomic E-state index is 10.2. The molecule has 0 aliphatic carbocycles. The maximum atomic E-state index is 10.2. The van der Waals surface area contributed by atoms with E-state index in [9.17, 15) is 5.11 Å². The van der Waals surface area contributed by atoms with Gasteiger partial charge in [0.2, 0.25) is 0 Å². The van der Waals surface area contributed by atoms with Gasteiger partial charge < -0.3 is 5.11 Å². The van der Waals surface area contributed by atoms with Crippen LogP contribution < -0.4 is 0 Å². The van der Waals surface area contributed by atoms with E-state index in [4.69, 9.17) is 0 Å². The fourth-order valence-corrected chi connectivity index (χ4v) is 3.01.